The van der Waals surface area contributed by atoms with Crippen LogP contribution in [0.2, 0.25) is 0 Å². The van der Waals surface area contributed by atoms with Crippen molar-refractivity contribution >= 4 is 0 Å². The van der Waals surface area contributed by atoms with E-state index in [1.54, 1.807) is 6.42 Å². The summed E-state index contributed by atoms with van der Waals surface area (Å²) in [6, 6.07) is 0. The molecule has 0 N–H and O–H groups in total. The number of hydrogen-bond donors (Lipinski definition) is 0. The van der Waals surface area contributed by atoms with Crippen molar-refractivity contribution in [1.82, 2.24) is 0 Å². The van der Waals surface area contributed by atoms with E-state index in [1.165, 1.54) is 19.3 Å². The van der Waals surface area contributed by atoms with Crippen LogP contribution in [-0.2, 0) is 0 Å². The Morgan fingerprint density at radius 3 is 2.45 bits per heavy atom. The summed E-state index contributed by atoms with van der Waals surface area (Å²) in [7, 11) is 0. The summed E-state index contributed by atoms with van der Waals surface area (Å²) in [4.78, 5) is 0. The first-order valence-electron chi connectivity index (χ1n) is 5.18. The highest BCUT2D eigenvalue weighted by molar-refractivity contribution is 5.01. The predicted octanol–water partition coefficient (Wildman–Crippen LogP) is 3.47. The van der Waals surface area contributed by atoms with Crippen LogP contribution in [0.15, 0.2) is 0 Å². The van der Waals surface area contributed by atoms with Crippen LogP contribution in [0, 0.1) is 23.2 Å². The first-order chi connectivity index (χ1) is 5.18. The molecule has 4 atom stereocenters. The van der Waals surface area contributed by atoms with Crippen molar-refractivity contribution in [3.8, 4) is 0 Å². The Labute approximate surface area is 70.4 Å². The van der Waals surface area contributed by atoms with Crippen LogP contribution >= 0.6 is 0 Å². The average Bonchev–Trinajstić information content (AvgIpc) is 2.56. The van der Waals surface area contributed by atoms with E-state index in [0.717, 1.165) is 17.8 Å². The zero-order chi connectivity index (χ0) is 8.06. The Morgan fingerprint density at radius 2 is 2.09 bits per heavy atom. The molecule has 0 aromatic carbocycles. The lowest BCUT2D eigenvalue weighted by molar-refractivity contribution is 0.108. The van der Waals surface area contributed by atoms with E-state index in [0.29, 0.717) is 5.41 Å². The Balaban J connectivity index is 2.23. The van der Waals surface area contributed by atoms with E-state index >= 15 is 0 Å². The average molecular weight is 152 g/mol. The number of hydrogen-bond acceptors (Lipinski definition) is 0. The largest absolute Gasteiger partial charge is 0.0648 e. The lowest BCUT2D eigenvalue weighted by atomic mass is 9.67. The molecule has 0 aromatic rings. The second-order valence-corrected chi connectivity index (χ2v) is 4.92. The fraction of sp³-hybridized carbons (Fsp3) is 1.00. The van der Waals surface area contributed by atoms with E-state index in [2.05, 4.69) is 20.8 Å². The van der Waals surface area contributed by atoms with Gasteiger partial charge in [-0.15, -0.1) is 0 Å². The maximum absolute atomic E-state index is 2.52. The van der Waals surface area contributed by atoms with Gasteiger partial charge < -0.3 is 0 Å². The van der Waals surface area contributed by atoms with Crippen molar-refractivity contribution in [2.24, 2.45) is 23.2 Å². The van der Waals surface area contributed by atoms with Crippen LogP contribution in [0.5, 0.6) is 0 Å². The Bertz CT molecular complexity index is 157. The number of fused-ring (bicyclic) bond motifs is 2. The molecular formula is C11H20. The summed E-state index contributed by atoms with van der Waals surface area (Å²) in [6.45, 7) is 7.37. The highest BCUT2D eigenvalue weighted by Gasteiger charge is 2.51. The highest BCUT2D eigenvalue weighted by atomic mass is 14.6. The molecule has 2 aliphatic carbocycles. The molecule has 2 rings (SSSR count). The first kappa shape index (κ1) is 7.64. The number of rotatable bonds is 1. The lowest BCUT2D eigenvalue weighted by Gasteiger charge is -2.38. The van der Waals surface area contributed by atoms with Gasteiger partial charge in [-0.05, 0) is 42.4 Å². The standard InChI is InChI=1S/C11H20/c1-4-11(3)8(2)9-5-6-10(11)7-9/h8-10H,4-7H2,1-3H3/t8-,9-,10+,11-/m1/s1. The maximum Gasteiger partial charge on any atom is -0.0272 e. The molecule has 0 unspecified atom stereocenters. The van der Waals surface area contributed by atoms with Crippen LogP contribution in [0.1, 0.15) is 46.5 Å². The third-order valence-corrected chi connectivity index (χ3v) is 4.91. The summed E-state index contributed by atoms with van der Waals surface area (Å²) < 4.78 is 0. The Kier molecular flexibility index (Phi) is 1.56. The van der Waals surface area contributed by atoms with E-state index in [1.807, 2.05) is 0 Å². The SMILES string of the molecule is CC[C@@]1(C)[C@H]2CC[C@H](C2)[C@H]1C. The minimum absolute atomic E-state index is 0.711. The van der Waals surface area contributed by atoms with Gasteiger partial charge in [0.1, 0.15) is 0 Å². The highest BCUT2D eigenvalue weighted by Crippen LogP contribution is 2.60. The zero-order valence-corrected chi connectivity index (χ0v) is 8.06. The summed E-state index contributed by atoms with van der Waals surface area (Å²) in [5.41, 5.74) is 0.711. The molecule has 0 heterocycles. The fourth-order valence-electron chi connectivity index (χ4n) is 3.59. The van der Waals surface area contributed by atoms with E-state index in [4.69, 9.17) is 0 Å². The fourth-order valence-corrected chi connectivity index (χ4v) is 3.59. The van der Waals surface area contributed by atoms with Crippen molar-refractivity contribution in [1.29, 1.82) is 0 Å². The molecule has 2 bridgehead atoms. The molecule has 0 spiro atoms. The lowest BCUT2D eigenvalue weighted by Crippen LogP contribution is -2.30. The van der Waals surface area contributed by atoms with Gasteiger partial charge >= 0.3 is 0 Å². The Hall–Kier alpha value is 0. The summed E-state index contributed by atoms with van der Waals surface area (Å²) >= 11 is 0. The van der Waals surface area contributed by atoms with E-state index in [-0.39, 0.29) is 0 Å². The van der Waals surface area contributed by atoms with Crippen LogP contribution in [0.3, 0.4) is 0 Å². The summed E-state index contributed by atoms with van der Waals surface area (Å²) in [6.07, 6.45) is 6.00. The van der Waals surface area contributed by atoms with E-state index < -0.39 is 0 Å². The van der Waals surface area contributed by atoms with Crippen molar-refractivity contribution in [3.63, 3.8) is 0 Å². The van der Waals surface area contributed by atoms with Gasteiger partial charge in [-0.25, -0.2) is 0 Å². The minimum atomic E-state index is 0.711. The smallest absolute Gasteiger partial charge is 0.0272 e. The molecule has 2 aliphatic rings. The van der Waals surface area contributed by atoms with Gasteiger partial charge in [0.25, 0.3) is 0 Å². The molecule has 2 saturated carbocycles. The second-order valence-electron chi connectivity index (χ2n) is 4.92. The maximum atomic E-state index is 2.52. The van der Waals surface area contributed by atoms with Crippen molar-refractivity contribution < 1.29 is 0 Å². The van der Waals surface area contributed by atoms with Crippen molar-refractivity contribution in [3.05, 3.63) is 0 Å². The molecular weight excluding hydrogens is 132 g/mol. The Morgan fingerprint density at radius 1 is 1.36 bits per heavy atom. The van der Waals surface area contributed by atoms with Gasteiger partial charge in [-0.2, -0.15) is 0 Å². The molecule has 0 aromatic heterocycles. The van der Waals surface area contributed by atoms with Crippen LogP contribution in [-0.4, -0.2) is 0 Å². The van der Waals surface area contributed by atoms with Crippen LogP contribution < -0.4 is 0 Å². The molecule has 2 fully saturated rings. The molecule has 0 radical (unpaired) electrons. The van der Waals surface area contributed by atoms with Gasteiger partial charge in [0.05, 0.1) is 0 Å². The van der Waals surface area contributed by atoms with Gasteiger partial charge in [0, 0.05) is 0 Å². The summed E-state index contributed by atoms with van der Waals surface area (Å²) in [5, 5.41) is 0. The molecule has 0 nitrogen and oxygen atoms in total. The van der Waals surface area contributed by atoms with Crippen LogP contribution in [0.4, 0.5) is 0 Å². The molecule has 64 valence electrons. The normalized spacial score (nSPS) is 55.4. The van der Waals surface area contributed by atoms with E-state index in [9.17, 15) is 0 Å². The third-order valence-electron chi connectivity index (χ3n) is 4.91. The molecule has 11 heavy (non-hydrogen) atoms. The van der Waals surface area contributed by atoms with Crippen molar-refractivity contribution in [2.75, 3.05) is 0 Å². The molecule has 0 amide bonds. The quantitative estimate of drug-likeness (QED) is 0.539. The second kappa shape index (κ2) is 2.24. The first-order valence-corrected chi connectivity index (χ1v) is 5.18. The molecule has 0 heteroatoms. The third kappa shape index (κ3) is 0.816. The van der Waals surface area contributed by atoms with Gasteiger partial charge in [-0.3, -0.25) is 0 Å². The predicted molar refractivity (Wildman–Crippen MR) is 48.4 cm³/mol. The van der Waals surface area contributed by atoms with Gasteiger partial charge in [0.2, 0.25) is 0 Å². The monoisotopic (exact) mass is 152 g/mol. The molecule has 0 saturated heterocycles. The van der Waals surface area contributed by atoms with Crippen LogP contribution in [0.25, 0.3) is 0 Å². The topological polar surface area (TPSA) is 0 Å². The van der Waals surface area contributed by atoms with Gasteiger partial charge in [-0.1, -0.05) is 27.2 Å². The minimum Gasteiger partial charge on any atom is -0.0648 e. The zero-order valence-electron chi connectivity index (χ0n) is 8.06. The summed E-state index contributed by atoms with van der Waals surface area (Å²) in [5.74, 6) is 3.17. The van der Waals surface area contributed by atoms with Gasteiger partial charge in [0.15, 0.2) is 0 Å². The van der Waals surface area contributed by atoms with Crippen molar-refractivity contribution in [2.45, 2.75) is 46.5 Å². The molecule has 0 aliphatic heterocycles.